The van der Waals surface area contributed by atoms with Crippen LogP contribution >= 0.6 is 0 Å². The predicted octanol–water partition coefficient (Wildman–Crippen LogP) is 1.15. The van der Waals surface area contributed by atoms with Crippen LogP contribution in [0.2, 0.25) is 0 Å². The molecule has 1 aromatic rings. The highest BCUT2D eigenvalue weighted by Gasteiger charge is 2.57. The summed E-state index contributed by atoms with van der Waals surface area (Å²) in [6.07, 6.45) is 3.91. The molecule has 1 aromatic heterocycles. The monoisotopic (exact) mass is 192 g/mol. The Labute approximate surface area is 82.0 Å². The summed E-state index contributed by atoms with van der Waals surface area (Å²) in [7, 11) is 0. The molecule has 0 spiro atoms. The molecule has 1 aliphatic carbocycles. The molecule has 0 aromatic carbocycles. The van der Waals surface area contributed by atoms with Gasteiger partial charge in [-0.15, -0.1) is 0 Å². The average molecular weight is 192 g/mol. The van der Waals surface area contributed by atoms with Crippen LogP contribution in [0.25, 0.3) is 0 Å². The Morgan fingerprint density at radius 2 is 2.21 bits per heavy atom. The van der Waals surface area contributed by atoms with E-state index in [2.05, 4.69) is 9.97 Å². The minimum atomic E-state index is -0.738. The Morgan fingerprint density at radius 1 is 1.57 bits per heavy atom. The van der Waals surface area contributed by atoms with E-state index in [1.54, 1.807) is 12.4 Å². The van der Waals surface area contributed by atoms with Gasteiger partial charge in [0.2, 0.25) is 0 Å². The first-order chi connectivity index (χ1) is 6.55. The van der Waals surface area contributed by atoms with Gasteiger partial charge in [-0.1, -0.05) is 6.92 Å². The minimum absolute atomic E-state index is 0.294. The first-order valence-corrected chi connectivity index (χ1v) is 4.56. The zero-order valence-electron chi connectivity index (χ0n) is 8.19. The number of hydrogen-bond donors (Lipinski definition) is 1. The van der Waals surface area contributed by atoms with Crippen molar-refractivity contribution in [3.63, 3.8) is 0 Å². The van der Waals surface area contributed by atoms with Gasteiger partial charge in [-0.25, -0.2) is 0 Å². The van der Waals surface area contributed by atoms with Crippen molar-refractivity contribution in [1.82, 2.24) is 9.97 Å². The summed E-state index contributed by atoms with van der Waals surface area (Å²) >= 11 is 0. The van der Waals surface area contributed by atoms with E-state index >= 15 is 0 Å². The highest BCUT2D eigenvalue weighted by Crippen LogP contribution is 2.53. The fourth-order valence-electron chi connectivity index (χ4n) is 1.95. The van der Waals surface area contributed by atoms with Crippen molar-refractivity contribution < 1.29 is 9.90 Å². The van der Waals surface area contributed by atoms with Gasteiger partial charge >= 0.3 is 5.97 Å². The van der Waals surface area contributed by atoms with Gasteiger partial charge in [-0.3, -0.25) is 14.8 Å². The van der Waals surface area contributed by atoms with Crippen molar-refractivity contribution in [3.8, 4) is 0 Å². The highest BCUT2D eigenvalue weighted by atomic mass is 16.4. The molecule has 4 heteroatoms. The van der Waals surface area contributed by atoms with Crippen LogP contribution in [0, 0.1) is 12.8 Å². The second-order valence-corrected chi connectivity index (χ2v) is 4.00. The first-order valence-electron chi connectivity index (χ1n) is 4.56. The third-order valence-electron chi connectivity index (χ3n) is 2.96. The van der Waals surface area contributed by atoms with Crippen molar-refractivity contribution >= 4 is 5.97 Å². The molecule has 1 aliphatic rings. The summed E-state index contributed by atoms with van der Waals surface area (Å²) in [5.41, 5.74) is 1.36. The van der Waals surface area contributed by atoms with Crippen LogP contribution in [0.3, 0.4) is 0 Å². The Kier molecular flexibility index (Phi) is 1.80. The van der Waals surface area contributed by atoms with Crippen molar-refractivity contribution in [1.29, 1.82) is 0 Å². The molecular formula is C10H12N2O2. The fourth-order valence-corrected chi connectivity index (χ4v) is 1.95. The van der Waals surface area contributed by atoms with E-state index in [1.807, 2.05) is 13.8 Å². The second-order valence-electron chi connectivity index (χ2n) is 4.00. The Balaban J connectivity index is 2.34. The molecule has 0 bridgehead atoms. The SMILES string of the molecule is Cc1nccnc1C1(C)CC1C(=O)O. The van der Waals surface area contributed by atoms with Crippen LogP contribution in [0.5, 0.6) is 0 Å². The van der Waals surface area contributed by atoms with Crippen LogP contribution in [-0.2, 0) is 10.2 Å². The molecule has 74 valence electrons. The predicted molar refractivity (Wildman–Crippen MR) is 49.9 cm³/mol. The van der Waals surface area contributed by atoms with Crippen molar-refractivity contribution in [3.05, 3.63) is 23.8 Å². The number of carboxylic acid groups (broad SMARTS) is 1. The summed E-state index contributed by atoms with van der Waals surface area (Å²) in [4.78, 5) is 19.2. The van der Waals surface area contributed by atoms with Gasteiger partial charge in [0.15, 0.2) is 0 Å². The quantitative estimate of drug-likeness (QED) is 0.763. The Bertz CT molecular complexity index is 391. The number of aryl methyl sites for hydroxylation is 1. The van der Waals surface area contributed by atoms with Gasteiger partial charge < -0.3 is 5.11 Å². The van der Waals surface area contributed by atoms with E-state index in [-0.39, 0.29) is 11.3 Å². The van der Waals surface area contributed by atoms with Gasteiger partial charge in [0.05, 0.1) is 17.3 Å². The highest BCUT2D eigenvalue weighted by molar-refractivity contribution is 5.76. The van der Waals surface area contributed by atoms with E-state index < -0.39 is 5.97 Å². The number of rotatable bonds is 2. The van der Waals surface area contributed by atoms with Crippen molar-refractivity contribution in [2.24, 2.45) is 5.92 Å². The smallest absolute Gasteiger partial charge is 0.307 e. The summed E-state index contributed by atoms with van der Waals surface area (Å²) < 4.78 is 0. The third kappa shape index (κ3) is 1.18. The maximum atomic E-state index is 10.8. The van der Waals surface area contributed by atoms with Crippen molar-refractivity contribution in [2.45, 2.75) is 25.7 Å². The fraction of sp³-hybridized carbons (Fsp3) is 0.500. The molecule has 1 heterocycles. The van der Waals surface area contributed by atoms with Gasteiger partial charge in [-0.05, 0) is 13.3 Å². The molecule has 0 amide bonds. The third-order valence-corrected chi connectivity index (χ3v) is 2.96. The van der Waals surface area contributed by atoms with E-state index in [0.717, 1.165) is 11.4 Å². The van der Waals surface area contributed by atoms with E-state index in [0.29, 0.717) is 6.42 Å². The zero-order valence-corrected chi connectivity index (χ0v) is 8.19. The lowest BCUT2D eigenvalue weighted by molar-refractivity contribution is -0.139. The topological polar surface area (TPSA) is 63.1 Å². The van der Waals surface area contributed by atoms with Gasteiger partial charge in [0, 0.05) is 17.8 Å². The van der Waals surface area contributed by atoms with E-state index in [9.17, 15) is 4.79 Å². The molecule has 4 nitrogen and oxygen atoms in total. The van der Waals surface area contributed by atoms with Crippen LogP contribution in [0.15, 0.2) is 12.4 Å². The lowest BCUT2D eigenvalue weighted by Gasteiger charge is -2.10. The Hall–Kier alpha value is -1.45. The normalized spacial score (nSPS) is 30.0. The molecule has 2 atom stereocenters. The Morgan fingerprint density at radius 3 is 2.71 bits per heavy atom. The molecule has 0 radical (unpaired) electrons. The molecule has 0 aliphatic heterocycles. The molecule has 1 N–H and O–H groups in total. The number of aliphatic carboxylic acids is 1. The van der Waals surface area contributed by atoms with Crippen LogP contribution in [-0.4, -0.2) is 21.0 Å². The molecule has 1 saturated carbocycles. The molecule has 1 fully saturated rings. The molecule has 14 heavy (non-hydrogen) atoms. The number of nitrogens with zero attached hydrogens (tertiary/aromatic N) is 2. The lowest BCUT2D eigenvalue weighted by atomic mass is 10.00. The standard InChI is InChI=1S/C10H12N2O2/c1-6-8(12-4-3-11-6)10(2)5-7(10)9(13)14/h3-4,7H,5H2,1-2H3,(H,13,14). The molecule has 2 unspecified atom stereocenters. The second kappa shape index (κ2) is 2.77. The summed E-state index contributed by atoms with van der Waals surface area (Å²) in [6.45, 7) is 3.80. The number of aromatic nitrogens is 2. The average Bonchev–Trinajstić information content (AvgIpc) is 2.80. The van der Waals surface area contributed by atoms with Gasteiger partial charge in [-0.2, -0.15) is 0 Å². The van der Waals surface area contributed by atoms with Crippen LogP contribution in [0.1, 0.15) is 24.7 Å². The van der Waals surface area contributed by atoms with E-state index in [1.165, 1.54) is 0 Å². The molecule has 2 rings (SSSR count). The van der Waals surface area contributed by atoms with Crippen LogP contribution < -0.4 is 0 Å². The summed E-state index contributed by atoms with van der Waals surface area (Å²) in [5.74, 6) is -1.03. The number of carbonyl (C=O) groups is 1. The van der Waals surface area contributed by atoms with Gasteiger partial charge in [0.25, 0.3) is 0 Å². The number of hydrogen-bond acceptors (Lipinski definition) is 3. The first kappa shape index (κ1) is 9.12. The number of carboxylic acids is 1. The maximum Gasteiger partial charge on any atom is 0.307 e. The molecular weight excluding hydrogens is 180 g/mol. The zero-order chi connectivity index (χ0) is 10.3. The van der Waals surface area contributed by atoms with Gasteiger partial charge in [0.1, 0.15) is 0 Å². The summed E-state index contributed by atoms with van der Waals surface area (Å²) in [5, 5.41) is 8.89. The maximum absolute atomic E-state index is 10.8. The summed E-state index contributed by atoms with van der Waals surface area (Å²) in [6, 6.07) is 0. The van der Waals surface area contributed by atoms with Crippen molar-refractivity contribution in [2.75, 3.05) is 0 Å². The van der Waals surface area contributed by atoms with E-state index in [4.69, 9.17) is 5.11 Å². The van der Waals surface area contributed by atoms with Crippen LogP contribution in [0.4, 0.5) is 0 Å². The minimum Gasteiger partial charge on any atom is -0.481 e. The lowest BCUT2D eigenvalue weighted by Crippen LogP contribution is -2.14. The largest absolute Gasteiger partial charge is 0.481 e. The molecule has 0 saturated heterocycles.